The minimum Gasteiger partial charge on any atom is -0.508 e. The Balaban J connectivity index is 3.58. The predicted molar refractivity (Wildman–Crippen MR) is 48.2 cm³/mol. The van der Waals surface area contributed by atoms with E-state index in [1.54, 1.807) is 6.07 Å². The molecule has 0 atom stereocenters. The van der Waals surface area contributed by atoms with E-state index in [9.17, 15) is 9.59 Å². The number of nitriles is 1. The smallest absolute Gasteiger partial charge is 0.161 e. The Morgan fingerprint density at radius 3 is 2.64 bits per heavy atom. The molecule has 0 bridgehead atoms. The number of Topliss-reactive ketones (excluding diaryl/α,β-unsaturated/α-hetero) is 1. The highest BCUT2D eigenvalue weighted by molar-refractivity contribution is 6.03. The lowest BCUT2D eigenvalue weighted by molar-refractivity contribution is 0.100. The molecular weight excluding hydrogens is 182 g/mol. The third-order valence-electron chi connectivity index (χ3n) is 1.75. The molecule has 0 fully saturated rings. The van der Waals surface area contributed by atoms with Gasteiger partial charge in [0.1, 0.15) is 11.8 Å². The summed E-state index contributed by atoms with van der Waals surface area (Å²) in [6, 6.07) is 4.07. The Kier molecular flexibility index (Phi) is 2.63. The Morgan fingerprint density at radius 2 is 2.21 bits per heavy atom. The van der Waals surface area contributed by atoms with Crippen molar-refractivity contribution >= 4 is 12.1 Å². The number of ketones is 1. The van der Waals surface area contributed by atoms with Crippen LogP contribution in [0.3, 0.4) is 0 Å². The number of benzene rings is 1. The molecule has 0 unspecified atom stereocenters. The van der Waals surface area contributed by atoms with Crippen molar-refractivity contribution in [3.8, 4) is 11.8 Å². The molecule has 70 valence electrons. The van der Waals surface area contributed by atoms with E-state index in [2.05, 4.69) is 0 Å². The highest BCUT2D eigenvalue weighted by atomic mass is 16.3. The monoisotopic (exact) mass is 189 g/mol. The SMILES string of the molecule is CC(=O)c1c(C#N)cc(O)cc1C=O. The van der Waals surface area contributed by atoms with Gasteiger partial charge in [0.05, 0.1) is 5.56 Å². The summed E-state index contributed by atoms with van der Waals surface area (Å²) in [5.41, 5.74) is 0.106. The molecule has 0 aliphatic heterocycles. The van der Waals surface area contributed by atoms with Crippen molar-refractivity contribution in [1.29, 1.82) is 5.26 Å². The van der Waals surface area contributed by atoms with Gasteiger partial charge in [-0.1, -0.05) is 0 Å². The molecule has 1 aromatic rings. The maximum Gasteiger partial charge on any atom is 0.161 e. The van der Waals surface area contributed by atoms with Crippen LogP contribution in [0.1, 0.15) is 33.2 Å². The van der Waals surface area contributed by atoms with Gasteiger partial charge in [-0.3, -0.25) is 9.59 Å². The molecular formula is C10H7NO3. The summed E-state index contributed by atoms with van der Waals surface area (Å²) in [5, 5.41) is 17.8. The van der Waals surface area contributed by atoms with Crippen LogP contribution in [0.15, 0.2) is 12.1 Å². The second kappa shape index (κ2) is 3.71. The molecule has 0 saturated carbocycles. The van der Waals surface area contributed by atoms with Crippen LogP contribution in [0.4, 0.5) is 0 Å². The molecule has 0 saturated heterocycles. The van der Waals surface area contributed by atoms with Crippen molar-refractivity contribution in [1.82, 2.24) is 0 Å². The quantitative estimate of drug-likeness (QED) is 0.561. The average Bonchev–Trinajstić information content (AvgIpc) is 2.15. The summed E-state index contributed by atoms with van der Waals surface area (Å²) in [6.45, 7) is 1.26. The van der Waals surface area contributed by atoms with Crippen molar-refractivity contribution in [3.05, 3.63) is 28.8 Å². The van der Waals surface area contributed by atoms with E-state index in [1.165, 1.54) is 6.92 Å². The molecule has 14 heavy (non-hydrogen) atoms. The molecule has 1 rings (SSSR count). The van der Waals surface area contributed by atoms with Crippen molar-refractivity contribution < 1.29 is 14.7 Å². The molecule has 0 heterocycles. The number of hydrogen-bond acceptors (Lipinski definition) is 4. The number of phenols is 1. The Morgan fingerprint density at radius 1 is 1.57 bits per heavy atom. The fourth-order valence-electron chi connectivity index (χ4n) is 1.22. The largest absolute Gasteiger partial charge is 0.508 e. The number of carbonyl (C=O) groups excluding carboxylic acids is 2. The lowest BCUT2D eigenvalue weighted by atomic mass is 9.99. The van der Waals surface area contributed by atoms with E-state index in [0.717, 1.165) is 12.1 Å². The highest BCUT2D eigenvalue weighted by Crippen LogP contribution is 2.20. The fourth-order valence-corrected chi connectivity index (χ4v) is 1.22. The molecule has 0 radical (unpaired) electrons. The number of phenolic OH excluding ortho intramolecular Hbond substituents is 1. The van der Waals surface area contributed by atoms with Crippen molar-refractivity contribution in [2.45, 2.75) is 6.92 Å². The summed E-state index contributed by atoms with van der Waals surface area (Å²) >= 11 is 0. The lowest BCUT2D eigenvalue weighted by Gasteiger charge is -2.03. The fraction of sp³-hybridized carbons (Fsp3) is 0.100. The molecule has 4 nitrogen and oxygen atoms in total. The van der Waals surface area contributed by atoms with Gasteiger partial charge in [-0.2, -0.15) is 5.26 Å². The second-order valence-electron chi connectivity index (χ2n) is 2.74. The van der Waals surface area contributed by atoms with E-state index >= 15 is 0 Å². The van der Waals surface area contributed by atoms with Gasteiger partial charge in [-0.05, 0) is 19.1 Å². The standard InChI is InChI=1S/C10H7NO3/c1-6(13)10-7(4-11)2-9(14)3-8(10)5-12/h2-3,5,14H,1H3. The normalized spacial score (nSPS) is 9.14. The molecule has 0 aliphatic rings. The zero-order chi connectivity index (χ0) is 10.7. The van der Waals surface area contributed by atoms with Crippen LogP contribution in [-0.4, -0.2) is 17.2 Å². The Hall–Kier alpha value is -2.15. The summed E-state index contributed by atoms with van der Waals surface area (Å²) < 4.78 is 0. The summed E-state index contributed by atoms with van der Waals surface area (Å²) in [7, 11) is 0. The number of nitrogens with zero attached hydrogens (tertiary/aromatic N) is 1. The zero-order valence-corrected chi connectivity index (χ0v) is 7.44. The van der Waals surface area contributed by atoms with Gasteiger partial charge in [0, 0.05) is 11.1 Å². The number of rotatable bonds is 2. The first-order valence-electron chi connectivity index (χ1n) is 3.83. The summed E-state index contributed by atoms with van der Waals surface area (Å²) in [4.78, 5) is 21.7. The van der Waals surface area contributed by atoms with E-state index in [1.807, 2.05) is 0 Å². The van der Waals surface area contributed by atoms with Gasteiger partial charge >= 0.3 is 0 Å². The third-order valence-corrected chi connectivity index (χ3v) is 1.75. The van der Waals surface area contributed by atoms with Crippen molar-refractivity contribution in [2.75, 3.05) is 0 Å². The Labute approximate surface area is 80.4 Å². The van der Waals surface area contributed by atoms with Gasteiger partial charge in [0.2, 0.25) is 0 Å². The van der Waals surface area contributed by atoms with Gasteiger partial charge in [0.25, 0.3) is 0 Å². The molecule has 0 amide bonds. The Bertz CT molecular complexity index is 443. The van der Waals surface area contributed by atoms with Crippen LogP contribution in [0.2, 0.25) is 0 Å². The molecule has 4 heteroatoms. The first-order valence-corrected chi connectivity index (χ1v) is 3.83. The van der Waals surface area contributed by atoms with Crippen molar-refractivity contribution in [3.63, 3.8) is 0 Å². The van der Waals surface area contributed by atoms with Crippen molar-refractivity contribution in [2.24, 2.45) is 0 Å². The van der Waals surface area contributed by atoms with E-state index in [0.29, 0.717) is 6.29 Å². The van der Waals surface area contributed by atoms with Crippen LogP contribution < -0.4 is 0 Å². The van der Waals surface area contributed by atoms with E-state index < -0.39 is 0 Å². The molecule has 0 aliphatic carbocycles. The van der Waals surface area contributed by atoms with Gasteiger partial charge in [-0.25, -0.2) is 0 Å². The second-order valence-corrected chi connectivity index (χ2v) is 2.74. The van der Waals surface area contributed by atoms with Crippen LogP contribution in [0.25, 0.3) is 0 Å². The predicted octanol–water partition coefficient (Wildman–Crippen LogP) is 1.28. The third kappa shape index (κ3) is 1.62. The van der Waals surface area contributed by atoms with Crippen LogP contribution in [0.5, 0.6) is 5.75 Å². The number of aromatic hydroxyl groups is 1. The molecule has 0 aromatic heterocycles. The van der Waals surface area contributed by atoms with E-state index in [-0.39, 0.29) is 28.2 Å². The average molecular weight is 189 g/mol. The number of aldehydes is 1. The maximum absolute atomic E-state index is 11.1. The lowest BCUT2D eigenvalue weighted by Crippen LogP contribution is -2.02. The minimum absolute atomic E-state index is 0.0135. The summed E-state index contributed by atoms with van der Waals surface area (Å²) in [6.07, 6.45) is 0.442. The highest BCUT2D eigenvalue weighted by Gasteiger charge is 2.13. The molecule has 1 aromatic carbocycles. The topological polar surface area (TPSA) is 78.2 Å². The first-order chi connectivity index (χ1) is 6.60. The van der Waals surface area contributed by atoms with Crippen LogP contribution >= 0.6 is 0 Å². The molecule has 0 spiro atoms. The van der Waals surface area contributed by atoms with Gasteiger partial charge in [0.15, 0.2) is 12.1 Å². The minimum atomic E-state index is -0.372. The van der Waals surface area contributed by atoms with E-state index in [4.69, 9.17) is 10.4 Å². The van der Waals surface area contributed by atoms with Crippen LogP contribution in [0, 0.1) is 11.3 Å². The molecule has 1 N–H and O–H groups in total. The van der Waals surface area contributed by atoms with Gasteiger partial charge in [-0.15, -0.1) is 0 Å². The maximum atomic E-state index is 11.1. The first kappa shape index (κ1) is 9.93. The number of hydrogen-bond donors (Lipinski definition) is 1. The zero-order valence-electron chi connectivity index (χ0n) is 7.44. The summed E-state index contributed by atoms with van der Waals surface area (Å²) in [5.74, 6) is -0.572. The number of carbonyl (C=O) groups is 2. The van der Waals surface area contributed by atoms with Gasteiger partial charge < -0.3 is 5.11 Å². The van der Waals surface area contributed by atoms with Crippen LogP contribution in [-0.2, 0) is 0 Å².